The summed E-state index contributed by atoms with van der Waals surface area (Å²) in [5, 5.41) is 0.846. The summed E-state index contributed by atoms with van der Waals surface area (Å²) < 4.78 is 16.2. The summed E-state index contributed by atoms with van der Waals surface area (Å²) >= 11 is 12.7. The number of anilines is 1. The van der Waals surface area contributed by atoms with Crippen molar-refractivity contribution in [2.24, 2.45) is 0 Å². The standard InChI is InChI=1S/C19H18Cl2N4O3/c1-10(16-13(20)4-5-14(26-2)17(16)21)28-15-6-11(7-23-18(15)22)12-8-24-19(27-3)25-9-12/h4-10H,1-3H3,(H2,22,23). The first-order chi connectivity index (χ1) is 13.4. The Hall–Kier alpha value is -2.77. The van der Waals surface area contributed by atoms with Crippen LogP contribution in [0.3, 0.4) is 0 Å². The van der Waals surface area contributed by atoms with E-state index in [1.165, 1.54) is 14.2 Å². The van der Waals surface area contributed by atoms with Crippen LogP contribution in [0.1, 0.15) is 18.6 Å². The van der Waals surface area contributed by atoms with Crippen molar-refractivity contribution < 1.29 is 14.2 Å². The minimum absolute atomic E-state index is 0.236. The highest BCUT2D eigenvalue weighted by molar-refractivity contribution is 6.37. The molecule has 9 heteroatoms. The molecule has 1 atom stereocenters. The van der Waals surface area contributed by atoms with Crippen molar-refractivity contribution in [3.63, 3.8) is 0 Å². The molecule has 2 N–H and O–H groups in total. The number of halogens is 2. The fourth-order valence-corrected chi connectivity index (χ4v) is 3.36. The number of ether oxygens (including phenoxy) is 3. The maximum Gasteiger partial charge on any atom is 0.316 e. The molecule has 2 aromatic heterocycles. The molecule has 0 saturated heterocycles. The quantitative estimate of drug-likeness (QED) is 0.623. The number of nitrogens with zero attached hydrogens (tertiary/aromatic N) is 3. The average molecular weight is 421 g/mol. The van der Waals surface area contributed by atoms with Gasteiger partial charge in [-0.2, -0.15) is 0 Å². The summed E-state index contributed by atoms with van der Waals surface area (Å²) in [6.07, 6.45) is 4.37. The van der Waals surface area contributed by atoms with Gasteiger partial charge in [-0.05, 0) is 25.1 Å². The van der Waals surface area contributed by atoms with Gasteiger partial charge in [-0.3, -0.25) is 0 Å². The highest BCUT2D eigenvalue weighted by Crippen LogP contribution is 2.39. The van der Waals surface area contributed by atoms with Gasteiger partial charge in [-0.15, -0.1) is 0 Å². The van der Waals surface area contributed by atoms with E-state index in [0.29, 0.717) is 27.1 Å². The fraction of sp³-hybridized carbons (Fsp3) is 0.211. The Balaban J connectivity index is 1.92. The molecule has 1 aromatic carbocycles. The van der Waals surface area contributed by atoms with E-state index >= 15 is 0 Å². The van der Waals surface area contributed by atoms with Crippen LogP contribution in [0.25, 0.3) is 11.1 Å². The molecule has 0 bridgehead atoms. The van der Waals surface area contributed by atoms with Gasteiger partial charge in [0, 0.05) is 40.3 Å². The summed E-state index contributed by atoms with van der Waals surface area (Å²) in [6.45, 7) is 1.81. The SMILES string of the molecule is COc1ncc(-c2cnc(N)c(OC(C)c3c(Cl)ccc(OC)c3Cl)c2)cn1. The molecule has 3 aromatic rings. The van der Waals surface area contributed by atoms with E-state index in [0.717, 1.165) is 11.1 Å². The van der Waals surface area contributed by atoms with Crippen LogP contribution in [0.5, 0.6) is 17.5 Å². The minimum atomic E-state index is -0.499. The second-order valence-electron chi connectivity index (χ2n) is 5.80. The van der Waals surface area contributed by atoms with E-state index in [2.05, 4.69) is 15.0 Å². The zero-order valence-corrected chi connectivity index (χ0v) is 17.0. The predicted octanol–water partition coefficient (Wildman–Crippen LogP) is 4.58. The van der Waals surface area contributed by atoms with Crippen molar-refractivity contribution in [3.8, 4) is 28.6 Å². The third-order valence-electron chi connectivity index (χ3n) is 4.05. The maximum atomic E-state index is 6.41. The van der Waals surface area contributed by atoms with E-state index in [-0.39, 0.29) is 11.8 Å². The van der Waals surface area contributed by atoms with E-state index in [1.807, 2.05) is 6.92 Å². The number of nitrogen functional groups attached to an aromatic ring is 1. The molecule has 3 rings (SSSR count). The zero-order valence-electron chi connectivity index (χ0n) is 15.4. The van der Waals surface area contributed by atoms with Crippen molar-refractivity contribution in [1.82, 2.24) is 15.0 Å². The summed E-state index contributed by atoms with van der Waals surface area (Å²) in [4.78, 5) is 12.4. The second kappa shape index (κ2) is 8.50. The highest BCUT2D eigenvalue weighted by Gasteiger charge is 2.20. The molecule has 0 amide bonds. The summed E-state index contributed by atoms with van der Waals surface area (Å²) in [5.41, 5.74) is 8.07. The van der Waals surface area contributed by atoms with Crippen molar-refractivity contribution in [2.75, 3.05) is 20.0 Å². The molecule has 1 unspecified atom stereocenters. The first-order valence-electron chi connectivity index (χ1n) is 8.25. The van der Waals surface area contributed by atoms with Crippen molar-refractivity contribution in [3.05, 3.63) is 52.4 Å². The average Bonchev–Trinajstić information content (AvgIpc) is 2.70. The van der Waals surface area contributed by atoms with Gasteiger partial charge in [0.05, 0.1) is 19.2 Å². The minimum Gasteiger partial charge on any atom is -0.495 e. The Morgan fingerprint density at radius 1 is 0.929 bits per heavy atom. The molecule has 0 aliphatic carbocycles. The Morgan fingerprint density at radius 3 is 2.25 bits per heavy atom. The van der Waals surface area contributed by atoms with Crippen LogP contribution in [-0.2, 0) is 0 Å². The maximum absolute atomic E-state index is 6.41. The summed E-state index contributed by atoms with van der Waals surface area (Å²) in [6, 6.07) is 5.43. The molecule has 7 nitrogen and oxygen atoms in total. The van der Waals surface area contributed by atoms with Crippen molar-refractivity contribution in [1.29, 1.82) is 0 Å². The summed E-state index contributed by atoms with van der Waals surface area (Å²) in [7, 11) is 3.04. The lowest BCUT2D eigenvalue weighted by atomic mass is 10.1. The van der Waals surface area contributed by atoms with Crippen LogP contribution in [0, 0.1) is 0 Å². The number of aromatic nitrogens is 3. The Kier molecular flexibility index (Phi) is 6.06. The molecule has 2 heterocycles. The molecule has 0 spiro atoms. The zero-order chi connectivity index (χ0) is 20.3. The van der Waals surface area contributed by atoms with Gasteiger partial charge in [-0.25, -0.2) is 15.0 Å². The number of rotatable bonds is 6. The number of hydrogen-bond donors (Lipinski definition) is 1. The lowest BCUT2D eigenvalue weighted by molar-refractivity contribution is 0.227. The van der Waals surface area contributed by atoms with Crippen LogP contribution in [0.4, 0.5) is 5.82 Å². The molecule has 0 aliphatic rings. The van der Waals surface area contributed by atoms with E-state index in [9.17, 15) is 0 Å². The predicted molar refractivity (Wildman–Crippen MR) is 108 cm³/mol. The Labute approximate surface area is 172 Å². The summed E-state index contributed by atoms with van der Waals surface area (Å²) in [5.74, 6) is 1.13. The first-order valence-corrected chi connectivity index (χ1v) is 9.00. The topological polar surface area (TPSA) is 92.4 Å². The highest BCUT2D eigenvalue weighted by atomic mass is 35.5. The Morgan fingerprint density at radius 2 is 1.61 bits per heavy atom. The van der Waals surface area contributed by atoms with Gasteiger partial charge < -0.3 is 19.9 Å². The van der Waals surface area contributed by atoms with E-state index in [4.69, 9.17) is 43.1 Å². The lowest BCUT2D eigenvalue weighted by Crippen LogP contribution is -2.08. The molecular formula is C19H18Cl2N4O3. The van der Waals surface area contributed by atoms with Gasteiger partial charge in [0.15, 0.2) is 11.6 Å². The van der Waals surface area contributed by atoms with Crippen LogP contribution < -0.4 is 19.9 Å². The number of hydrogen-bond acceptors (Lipinski definition) is 7. The first kappa shape index (κ1) is 20.0. The van der Waals surface area contributed by atoms with Crippen LogP contribution in [-0.4, -0.2) is 29.2 Å². The number of pyridine rings is 1. The number of benzene rings is 1. The molecule has 146 valence electrons. The van der Waals surface area contributed by atoms with Crippen molar-refractivity contribution in [2.45, 2.75) is 13.0 Å². The largest absolute Gasteiger partial charge is 0.495 e. The molecular weight excluding hydrogens is 403 g/mol. The van der Waals surface area contributed by atoms with E-state index < -0.39 is 6.10 Å². The third-order valence-corrected chi connectivity index (χ3v) is 4.77. The van der Waals surface area contributed by atoms with Gasteiger partial charge in [0.25, 0.3) is 0 Å². The van der Waals surface area contributed by atoms with Crippen LogP contribution in [0.2, 0.25) is 10.0 Å². The third kappa shape index (κ3) is 4.05. The van der Waals surface area contributed by atoms with Gasteiger partial charge >= 0.3 is 6.01 Å². The van der Waals surface area contributed by atoms with Crippen LogP contribution in [0.15, 0.2) is 36.8 Å². The molecule has 28 heavy (non-hydrogen) atoms. The fourth-order valence-electron chi connectivity index (χ4n) is 2.61. The second-order valence-corrected chi connectivity index (χ2v) is 6.59. The number of nitrogens with two attached hydrogens (primary N) is 1. The van der Waals surface area contributed by atoms with Crippen molar-refractivity contribution >= 4 is 29.0 Å². The molecule has 0 radical (unpaired) electrons. The molecule has 0 aliphatic heterocycles. The van der Waals surface area contributed by atoms with Gasteiger partial charge in [0.1, 0.15) is 11.9 Å². The molecule has 0 fully saturated rings. The van der Waals surface area contributed by atoms with Crippen LogP contribution >= 0.6 is 23.2 Å². The Bertz CT molecular complexity index is 984. The normalized spacial score (nSPS) is 11.8. The van der Waals surface area contributed by atoms with Gasteiger partial charge in [0.2, 0.25) is 0 Å². The number of methoxy groups -OCH3 is 2. The van der Waals surface area contributed by atoms with E-state index in [1.54, 1.807) is 36.8 Å². The monoisotopic (exact) mass is 420 g/mol. The molecule has 0 saturated carbocycles. The lowest BCUT2D eigenvalue weighted by Gasteiger charge is -2.20. The van der Waals surface area contributed by atoms with Gasteiger partial charge in [-0.1, -0.05) is 23.2 Å². The smallest absolute Gasteiger partial charge is 0.316 e.